The smallest absolute Gasteiger partial charge is 0.276 e. The number of hydrogen-bond acceptors (Lipinski definition) is 6. The number of methoxy groups -OCH3 is 1. The van der Waals surface area contributed by atoms with Crippen LogP contribution < -0.4 is 10.6 Å². The van der Waals surface area contributed by atoms with Gasteiger partial charge in [-0.2, -0.15) is 0 Å². The molecular weight excluding hydrogens is 236 g/mol. The number of anilines is 2. The molecule has 2 N–H and O–H groups in total. The number of aromatic nitrogens is 1. The van der Waals surface area contributed by atoms with Gasteiger partial charge in [-0.25, -0.2) is 4.98 Å². The van der Waals surface area contributed by atoms with Gasteiger partial charge in [0.25, 0.3) is 5.69 Å². The van der Waals surface area contributed by atoms with Crippen LogP contribution in [0, 0.1) is 10.1 Å². The summed E-state index contributed by atoms with van der Waals surface area (Å²) in [5.41, 5.74) is -0.368. The molecule has 7 heteroatoms. The van der Waals surface area contributed by atoms with Gasteiger partial charge in [0, 0.05) is 14.2 Å². The van der Waals surface area contributed by atoms with E-state index >= 15 is 0 Å². The lowest BCUT2D eigenvalue weighted by Crippen LogP contribution is -2.36. The molecule has 0 saturated heterocycles. The summed E-state index contributed by atoms with van der Waals surface area (Å²) in [4.78, 5) is 14.6. The van der Waals surface area contributed by atoms with E-state index in [9.17, 15) is 10.1 Å². The van der Waals surface area contributed by atoms with Crippen LogP contribution >= 0.6 is 0 Å². The van der Waals surface area contributed by atoms with E-state index in [0.29, 0.717) is 18.2 Å². The first-order valence-corrected chi connectivity index (χ1v) is 5.49. The van der Waals surface area contributed by atoms with Crippen molar-refractivity contribution in [2.24, 2.45) is 0 Å². The van der Waals surface area contributed by atoms with Gasteiger partial charge in [0.2, 0.25) is 0 Å². The molecule has 0 aliphatic rings. The van der Waals surface area contributed by atoms with Gasteiger partial charge in [0.1, 0.15) is 11.6 Å². The van der Waals surface area contributed by atoms with Crippen LogP contribution in [0.1, 0.15) is 13.8 Å². The van der Waals surface area contributed by atoms with E-state index in [1.807, 2.05) is 13.8 Å². The third-order valence-corrected chi connectivity index (χ3v) is 2.25. The number of nitro groups is 1. The van der Waals surface area contributed by atoms with Crippen LogP contribution in [-0.2, 0) is 4.74 Å². The molecule has 0 aromatic carbocycles. The second kappa shape index (κ2) is 5.63. The summed E-state index contributed by atoms with van der Waals surface area (Å²) in [6, 6.07) is 2.78. The topological polar surface area (TPSA) is 89.3 Å². The Balaban J connectivity index is 3.01. The van der Waals surface area contributed by atoms with Crippen molar-refractivity contribution in [3.8, 4) is 0 Å². The molecule has 100 valence electrons. The zero-order valence-electron chi connectivity index (χ0n) is 11.0. The van der Waals surface area contributed by atoms with Gasteiger partial charge in [-0.05, 0) is 13.8 Å². The van der Waals surface area contributed by atoms with Gasteiger partial charge in [-0.15, -0.1) is 0 Å². The lowest BCUT2D eigenvalue weighted by molar-refractivity contribution is -0.384. The Morgan fingerprint density at radius 3 is 2.56 bits per heavy atom. The highest BCUT2D eigenvalue weighted by atomic mass is 16.6. The van der Waals surface area contributed by atoms with E-state index in [1.165, 1.54) is 12.1 Å². The lowest BCUT2D eigenvalue weighted by Gasteiger charge is -2.25. The lowest BCUT2D eigenvalue weighted by atomic mass is 10.1. The molecule has 0 aliphatic carbocycles. The Morgan fingerprint density at radius 2 is 2.06 bits per heavy atom. The largest absolute Gasteiger partial charge is 0.382 e. The third-order valence-electron chi connectivity index (χ3n) is 2.25. The van der Waals surface area contributed by atoms with Crippen LogP contribution in [0.15, 0.2) is 12.1 Å². The zero-order valence-corrected chi connectivity index (χ0v) is 11.0. The second-order valence-corrected chi connectivity index (χ2v) is 4.54. The number of hydrogen-bond donors (Lipinski definition) is 2. The third kappa shape index (κ3) is 3.85. The molecule has 18 heavy (non-hydrogen) atoms. The highest BCUT2D eigenvalue weighted by Gasteiger charge is 2.19. The summed E-state index contributed by atoms with van der Waals surface area (Å²) in [6.07, 6.45) is 0. The van der Waals surface area contributed by atoms with E-state index in [-0.39, 0.29) is 11.2 Å². The van der Waals surface area contributed by atoms with Gasteiger partial charge < -0.3 is 15.4 Å². The normalized spacial score (nSPS) is 11.1. The summed E-state index contributed by atoms with van der Waals surface area (Å²) in [7, 11) is 3.26. The standard InChI is InChI=1S/C11H18N4O3/c1-11(2,7-18-4)14-10-6-8(15(16)17)5-9(12-3)13-10/h5-6H,7H2,1-4H3,(H2,12,13,14). The maximum atomic E-state index is 10.8. The van der Waals surface area contributed by atoms with Crippen molar-refractivity contribution < 1.29 is 9.66 Å². The van der Waals surface area contributed by atoms with Crippen LogP contribution in [-0.4, -0.2) is 36.2 Å². The molecule has 0 saturated carbocycles. The maximum Gasteiger partial charge on any atom is 0.276 e. The number of rotatable bonds is 6. The summed E-state index contributed by atoms with van der Waals surface area (Å²) in [6.45, 7) is 4.32. The molecule has 1 aromatic heterocycles. The minimum Gasteiger partial charge on any atom is -0.382 e. The van der Waals surface area contributed by atoms with Crippen LogP contribution in [0.4, 0.5) is 17.3 Å². The van der Waals surface area contributed by atoms with Gasteiger partial charge in [0.15, 0.2) is 0 Å². The Morgan fingerprint density at radius 1 is 1.44 bits per heavy atom. The minimum absolute atomic E-state index is 0.00920. The second-order valence-electron chi connectivity index (χ2n) is 4.54. The molecule has 0 atom stereocenters. The van der Waals surface area contributed by atoms with E-state index in [1.54, 1.807) is 14.2 Å². The van der Waals surface area contributed by atoms with E-state index < -0.39 is 4.92 Å². The molecule has 0 spiro atoms. The number of ether oxygens (including phenoxy) is 1. The molecule has 1 rings (SSSR count). The fraction of sp³-hybridized carbons (Fsp3) is 0.545. The minimum atomic E-state index is -0.447. The van der Waals surface area contributed by atoms with Crippen molar-refractivity contribution in [2.75, 3.05) is 31.4 Å². The Hall–Kier alpha value is -1.89. The monoisotopic (exact) mass is 254 g/mol. The molecule has 0 radical (unpaired) electrons. The molecule has 7 nitrogen and oxygen atoms in total. The van der Waals surface area contributed by atoms with Gasteiger partial charge in [-0.3, -0.25) is 10.1 Å². The number of pyridine rings is 1. The Labute approximate surface area is 106 Å². The number of nitrogens with zero attached hydrogens (tertiary/aromatic N) is 2. The van der Waals surface area contributed by atoms with E-state index in [2.05, 4.69) is 15.6 Å². The van der Waals surface area contributed by atoms with Crippen molar-refractivity contribution in [1.29, 1.82) is 0 Å². The molecule has 0 fully saturated rings. The molecule has 0 amide bonds. The SMILES string of the molecule is CNc1cc([N+](=O)[O-])cc(NC(C)(C)COC)n1. The zero-order chi connectivity index (χ0) is 13.8. The fourth-order valence-corrected chi connectivity index (χ4v) is 1.56. The van der Waals surface area contributed by atoms with Gasteiger partial charge in [-0.1, -0.05) is 0 Å². The average Bonchev–Trinajstić information content (AvgIpc) is 2.27. The molecule has 1 heterocycles. The van der Waals surface area contributed by atoms with Crippen LogP contribution in [0.25, 0.3) is 0 Å². The predicted molar refractivity (Wildman–Crippen MR) is 70.0 cm³/mol. The Kier molecular flexibility index (Phi) is 4.43. The molecule has 0 unspecified atom stereocenters. The van der Waals surface area contributed by atoms with Crippen molar-refractivity contribution in [3.05, 3.63) is 22.2 Å². The van der Waals surface area contributed by atoms with Gasteiger partial charge >= 0.3 is 0 Å². The molecule has 1 aromatic rings. The van der Waals surface area contributed by atoms with Crippen LogP contribution in [0.3, 0.4) is 0 Å². The first-order chi connectivity index (χ1) is 8.38. The van der Waals surface area contributed by atoms with E-state index in [0.717, 1.165) is 0 Å². The van der Waals surface area contributed by atoms with Crippen molar-refractivity contribution >= 4 is 17.3 Å². The van der Waals surface area contributed by atoms with E-state index in [4.69, 9.17) is 4.74 Å². The summed E-state index contributed by atoms with van der Waals surface area (Å²) < 4.78 is 5.07. The van der Waals surface area contributed by atoms with Crippen molar-refractivity contribution in [1.82, 2.24) is 4.98 Å². The van der Waals surface area contributed by atoms with Crippen LogP contribution in [0.2, 0.25) is 0 Å². The maximum absolute atomic E-state index is 10.8. The summed E-state index contributed by atoms with van der Waals surface area (Å²) in [5.74, 6) is 0.885. The first kappa shape index (κ1) is 14.2. The van der Waals surface area contributed by atoms with Crippen molar-refractivity contribution in [2.45, 2.75) is 19.4 Å². The van der Waals surface area contributed by atoms with Gasteiger partial charge in [0.05, 0.1) is 29.2 Å². The average molecular weight is 254 g/mol. The molecular formula is C11H18N4O3. The Bertz CT molecular complexity index is 434. The summed E-state index contributed by atoms with van der Waals surface area (Å²) in [5, 5.41) is 16.7. The fourth-order valence-electron chi connectivity index (χ4n) is 1.56. The quantitative estimate of drug-likeness (QED) is 0.595. The first-order valence-electron chi connectivity index (χ1n) is 5.49. The number of nitrogens with one attached hydrogen (secondary N) is 2. The highest BCUT2D eigenvalue weighted by molar-refractivity contribution is 5.55. The van der Waals surface area contributed by atoms with Crippen molar-refractivity contribution in [3.63, 3.8) is 0 Å². The predicted octanol–water partition coefficient (Wildman–Crippen LogP) is 1.87. The highest BCUT2D eigenvalue weighted by Crippen LogP contribution is 2.22. The summed E-state index contributed by atoms with van der Waals surface area (Å²) >= 11 is 0. The molecule has 0 bridgehead atoms. The van der Waals surface area contributed by atoms with Crippen LogP contribution in [0.5, 0.6) is 0 Å². The molecule has 0 aliphatic heterocycles.